The lowest BCUT2D eigenvalue weighted by Gasteiger charge is -2.22. The summed E-state index contributed by atoms with van der Waals surface area (Å²) in [5.74, 6) is 0.411. The van der Waals surface area contributed by atoms with E-state index in [4.69, 9.17) is 42.1 Å². The molecule has 226 valence electrons. The first kappa shape index (κ1) is 33.2. The van der Waals surface area contributed by atoms with Gasteiger partial charge in [-0.25, -0.2) is 9.59 Å². The second-order valence-corrected chi connectivity index (χ2v) is 10.8. The van der Waals surface area contributed by atoms with Crippen LogP contribution in [0.25, 0.3) is 0 Å². The Bertz CT molecular complexity index is 1260. The van der Waals surface area contributed by atoms with E-state index >= 15 is 0 Å². The van der Waals surface area contributed by atoms with Gasteiger partial charge in [-0.15, -0.1) is 0 Å². The minimum atomic E-state index is -1.000. The first-order valence-electron chi connectivity index (χ1n) is 13.8. The fraction of sp³-hybridized carbons (Fsp3) is 0.375. The predicted molar refractivity (Wildman–Crippen MR) is 163 cm³/mol. The Morgan fingerprint density at radius 2 is 1.48 bits per heavy atom. The molecule has 0 heterocycles. The molecule has 0 fully saturated rings. The van der Waals surface area contributed by atoms with Crippen LogP contribution in [0.3, 0.4) is 0 Å². The third-order valence-electron chi connectivity index (χ3n) is 6.32. The Balaban J connectivity index is 1.57. The minimum absolute atomic E-state index is 0.210. The van der Waals surface area contributed by atoms with Gasteiger partial charge in [-0.1, -0.05) is 61.3 Å². The third kappa shape index (κ3) is 11.2. The van der Waals surface area contributed by atoms with Crippen LogP contribution in [0.2, 0.25) is 10.0 Å². The number of carboxylic acid groups (broad SMARTS) is 1. The van der Waals surface area contributed by atoms with Crippen LogP contribution in [0.1, 0.15) is 43.4 Å². The molecule has 0 bridgehead atoms. The van der Waals surface area contributed by atoms with Crippen LogP contribution >= 0.6 is 23.2 Å². The first-order valence-corrected chi connectivity index (χ1v) is 14.6. The van der Waals surface area contributed by atoms with Crippen molar-refractivity contribution in [1.29, 1.82) is 0 Å². The summed E-state index contributed by atoms with van der Waals surface area (Å²) in [6.45, 7) is 7.55. The zero-order valence-electron chi connectivity index (χ0n) is 24.1. The van der Waals surface area contributed by atoms with Gasteiger partial charge in [-0.2, -0.15) is 0 Å². The normalized spacial score (nSPS) is 11.8. The molecule has 3 rings (SSSR count). The molecule has 0 spiro atoms. The number of halogens is 2. The van der Waals surface area contributed by atoms with Gasteiger partial charge in [0.15, 0.2) is 6.10 Å². The SMILES string of the molecule is CCOC(Cc1ccc(OCCN(CCOCc2cc(Cl)cc(Cl)c2)C(=O)Oc2ccc(C(C)C)cc2)cc1)C(=O)O. The fourth-order valence-corrected chi connectivity index (χ4v) is 4.64. The van der Waals surface area contributed by atoms with Crippen molar-refractivity contribution >= 4 is 35.3 Å². The van der Waals surface area contributed by atoms with Crippen LogP contribution < -0.4 is 9.47 Å². The summed E-state index contributed by atoms with van der Waals surface area (Å²) in [6.07, 6.45) is -1.17. The quantitative estimate of drug-likeness (QED) is 0.169. The summed E-state index contributed by atoms with van der Waals surface area (Å²) in [5.41, 5.74) is 2.79. The minimum Gasteiger partial charge on any atom is -0.492 e. The van der Waals surface area contributed by atoms with E-state index in [0.717, 1.165) is 16.7 Å². The van der Waals surface area contributed by atoms with Gasteiger partial charge < -0.3 is 29.0 Å². The van der Waals surface area contributed by atoms with Gasteiger partial charge in [0.1, 0.15) is 18.1 Å². The Labute approximate surface area is 257 Å². The number of aliphatic carboxylic acids is 1. The molecule has 0 aliphatic heterocycles. The number of carbonyl (C=O) groups is 2. The van der Waals surface area contributed by atoms with Crippen molar-refractivity contribution < 1.29 is 33.6 Å². The van der Waals surface area contributed by atoms with Gasteiger partial charge in [0.2, 0.25) is 0 Å². The second-order valence-electron chi connectivity index (χ2n) is 9.89. The molecule has 1 atom stereocenters. The highest BCUT2D eigenvalue weighted by atomic mass is 35.5. The zero-order chi connectivity index (χ0) is 30.5. The average molecular weight is 619 g/mol. The largest absolute Gasteiger partial charge is 0.492 e. The van der Waals surface area contributed by atoms with Crippen molar-refractivity contribution in [3.8, 4) is 11.5 Å². The Kier molecular flexibility index (Phi) is 13.4. The molecule has 0 saturated heterocycles. The molecular formula is C32H37Cl2NO7. The maximum Gasteiger partial charge on any atom is 0.415 e. The number of hydrogen-bond acceptors (Lipinski definition) is 6. The van der Waals surface area contributed by atoms with Crippen molar-refractivity contribution in [2.24, 2.45) is 0 Å². The standard InChI is InChI=1S/C32H37Cl2NO7/c1-4-40-30(31(36)37)19-23-5-9-28(10-6-23)41-16-14-35(13-15-39-21-24-17-26(33)20-27(34)18-24)32(38)42-29-11-7-25(8-12-29)22(2)3/h5-12,17-18,20,22,30H,4,13-16,19,21H2,1-3H3,(H,36,37). The number of carbonyl (C=O) groups excluding carboxylic acids is 1. The topological polar surface area (TPSA) is 94.5 Å². The second kappa shape index (κ2) is 17.0. The van der Waals surface area contributed by atoms with Crippen molar-refractivity contribution in [2.45, 2.75) is 45.8 Å². The third-order valence-corrected chi connectivity index (χ3v) is 6.76. The van der Waals surface area contributed by atoms with Crippen LogP contribution in [0.15, 0.2) is 66.7 Å². The van der Waals surface area contributed by atoms with E-state index in [1.165, 1.54) is 4.90 Å². The van der Waals surface area contributed by atoms with Crippen LogP contribution in [-0.4, -0.2) is 61.1 Å². The maximum atomic E-state index is 13.1. The first-order chi connectivity index (χ1) is 20.1. The molecule has 8 nitrogen and oxygen atoms in total. The van der Waals surface area contributed by atoms with E-state index in [-0.39, 0.29) is 39.3 Å². The van der Waals surface area contributed by atoms with Gasteiger partial charge in [-0.05, 0) is 72.0 Å². The molecule has 42 heavy (non-hydrogen) atoms. The molecule has 1 amide bonds. The Hall–Kier alpha value is -3.30. The summed E-state index contributed by atoms with van der Waals surface area (Å²) >= 11 is 12.1. The molecule has 0 aliphatic rings. The van der Waals surface area contributed by atoms with E-state index in [1.807, 2.05) is 12.1 Å². The van der Waals surface area contributed by atoms with Crippen molar-refractivity contribution in [3.05, 3.63) is 93.5 Å². The molecule has 0 aromatic heterocycles. The van der Waals surface area contributed by atoms with E-state index in [1.54, 1.807) is 61.5 Å². The van der Waals surface area contributed by atoms with E-state index < -0.39 is 18.2 Å². The molecule has 0 saturated carbocycles. The lowest BCUT2D eigenvalue weighted by molar-refractivity contribution is -0.149. The molecule has 3 aromatic carbocycles. The Morgan fingerprint density at radius 1 is 0.857 bits per heavy atom. The highest BCUT2D eigenvalue weighted by Crippen LogP contribution is 2.21. The van der Waals surface area contributed by atoms with Crippen LogP contribution in [0, 0.1) is 0 Å². The predicted octanol–water partition coefficient (Wildman–Crippen LogP) is 7.25. The summed E-state index contributed by atoms with van der Waals surface area (Å²) in [7, 11) is 0. The van der Waals surface area contributed by atoms with Gasteiger partial charge >= 0.3 is 12.1 Å². The number of amides is 1. The van der Waals surface area contributed by atoms with Crippen LogP contribution in [-0.2, 0) is 27.3 Å². The molecule has 10 heteroatoms. The number of hydrogen-bond donors (Lipinski definition) is 1. The van der Waals surface area contributed by atoms with E-state index in [2.05, 4.69) is 13.8 Å². The summed E-state index contributed by atoms with van der Waals surface area (Å²) in [5, 5.41) is 10.4. The zero-order valence-corrected chi connectivity index (χ0v) is 25.6. The smallest absolute Gasteiger partial charge is 0.415 e. The number of nitrogens with zero attached hydrogens (tertiary/aromatic N) is 1. The lowest BCUT2D eigenvalue weighted by Crippen LogP contribution is -2.39. The Morgan fingerprint density at radius 3 is 2.07 bits per heavy atom. The maximum absolute atomic E-state index is 13.1. The monoisotopic (exact) mass is 617 g/mol. The van der Waals surface area contributed by atoms with Crippen LogP contribution in [0.5, 0.6) is 11.5 Å². The van der Waals surface area contributed by atoms with E-state index in [9.17, 15) is 14.7 Å². The molecule has 1 unspecified atom stereocenters. The van der Waals surface area contributed by atoms with E-state index in [0.29, 0.717) is 34.1 Å². The highest BCUT2D eigenvalue weighted by Gasteiger charge is 2.19. The lowest BCUT2D eigenvalue weighted by atomic mass is 10.0. The molecule has 0 aliphatic carbocycles. The number of ether oxygens (including phenoxy) is 4. The van der Waals surface area contributed by atoms with Crippen molar-refractivity contribution in [1.82, 2.24) is 4.90 Å². The summed E-state index contributed by atoms with van der Waals surface area (Å²) in [4.78, 5) is 26.0. The molecule has 0 radical (unpaired) electrons. The number of benzene rings is 3. The van der Waals surface area contributed by atoms with Gasteiger partial charge in [0.25, 0.3) is 0 Å². The van der Waals surface area contributed by atoms with Gasteiger partial charge in [0.05, 0.1) is 19.8 Å². The van der Waals surface area contributed by atoms with Gasteiger partial charge in [0, 0.05) is 29.6 Å². The van der Waals surface area contributed by atoms with Crippen molar-refractivity contribution in [3.63, 3.8) is 0 Å². The molecular weight excluding hydrogens is 581 g/mol. The van der Waals surface area contributed by atoms with Crippen molar-refractivity contribution in [2.75, 3.05) is 32.9 Å². The van der Waals surface area contributed by atoms with Crippen LogP contribution in [0.4, 0.5) is 4.79 Å². The summed E-state index contributed by atoms with van der Waals surface area (Å²) in [6, 6.07) is 19.8. The number of rotatable bonds is 16. The molecule has 3 aromatic rings. The average Bonchev–Trinajstić information content (AvgIpc) is 2.94. The molecule has 1 N–H and O–H groups in total. The summed E-state index contributed by atoms with van der Waals surface area (Å²) < 4.78 is 22.6. The highest BCUT2D eigenvalue weighted by molar-refractivity contribution is 6.34. The fourth-order valence-electron chi connectivity index (χ4n) is 4.07. The number of carboxylic acids is 1. The van der Waals surface area contributed by atoms with Gasteiger partial charge in [-0.3, -0.25) is 0 Å².